The van der Waals surface area contributed by atoms with Crippen molar-refractivity contribution in [1.29, 1.82) is 0 Å². The molecule has 0 aromatic heterocycles. The predicted octanol–water partition coefficient (Wildman–Crippen LogP) is 4.56. The van der Waals surface area contributed by atoms with Crippen LogP contribution >= 0.6 is 23.4 Å². The number of methoxy groups -OCH3 is 2. The van der Waals surface area contributed by atoms with Crippen molar-refractivity contribution in [3.05, 3.63) is 51.9 Å². The van der Waals surface area contributed by atoms with Crippen LogP contribution in [0.3, 0.4) is 0 Å². The molecule has 0 bridgehead atoms. The first-order valence-corrected chi connectivity index (χ1v) is 10.1. The first-order chi connectivity index (χ1) is 14.4. The lowest BCUT2D eigenvalue weighted by Crippen LogP contribution is -2.19. The van der Waals surface area contributed by atoms with Gasteiger partial charge in [0.05, 0.1) is 29.8 Å². The van der Waals surface area contributed by atoms with Crippen LogP contribution in [-0.2, 0) is 9.59 Å². The molecule has 156 valence electrons. The Morgan fingerprint density at radius 2 is 1.93 bits per heavy atom. The fraction of sp³-hybridized carbons (Fsp3) is 0.190. The summed E-state index contributed by atoms with van der Waals surface area (Å²) in [7, 11) is 3.02. The molecule has 0 atom stereocenters. The van der Waals surface area contributed by atoms with Gasteiger partial charge in [0.25, 0.3) is 5.91 Å². The van der Waals surface area contributed by atoms with E-state index < -0.39 is 0 Å². The number of esters is 1. The number of hydrogen-bond acceptors (Lipinski definition) is 7. The number of hydrogen-bond donors (Lipinski definition) is 1. The topological polar surface area (TPSA) is 86.2 Å². The number of amides is 1. The lowest BCUT2D eigenvalue weighted by molar-refractivity contribution is -0.134. The van der Waals surface area contributed by atoms with Crippen LogP contribution in [0.2, 0.25) is 5.02 Å². The van der Waals surface area contributed by atoms with Gasteiger partial charge in [-0.25, -0.2) is 4.99 Å². The molecular weight excluding hydrogens is 428 g/mol. The van der Waals surface area contributed by atoms with E-state index >= 15 is 0 Å². The Balaban J connectivity index is 1.78. The molecule has 0 spiro atoms. The van der Waals surface area contributed by atoms with Gasteiger partial charge < -0.3 is 19.5 Å². The third-order valence-electron chi connectivity index (χ3n) is 3.99. The van der Waals surface area contributed by atoms with Gasteiger partial charge in [-0.15, -0.1) is 0 Å². The summed E-state index contributed by atoms with van der Waals surface area (Å²) < 4.78 is 15.6. The first-order valence-electron chi connectivity index (χ1n) is 8.95. The zero-order valence-corrected chi connectivity index (χ0v) is 18.1. The minimum Gasteiger partial charge on any atom is -0.493 e. The zero-order chi connectivity index (χ0) is 21.7. The van der Waals surface area contributed by atoms with E-state index in [-0.39, 0.29) is 11.9 Å². The van der Waals surface area contributed by atoms with Crippen molar-refractivity contribution in [3.63, 3.8) is 0 Å². The summed E-state index contributed by atoms with van der Waals surface area (Å²) >= 11 is 7.43. The van der Waals surface area contributed by atoms with E-state index in [9.17, 15) is 9.59 Å². The van der Waals surface area contributed by atoms with Crippen LogP contribution in [0.25, 0.3) is 6.08 Å². The molecule has 9 heteroatoms. The second kappa shape index (κ2) is 9.69. The smallest absolute Gasteiger partial charge is 0.310 e. The van der Waals surface area contributed by atoms with Crippen molar-refractivity contribution in [2.24, 2.45) is 4.99 Å². The van der Waals surface area contributed by atoms with Gasteiger partial charge in [-0.05, 0) is 59.8 Å². The Labute approximate surface area is 183 Å². The minimum atomic E-state index is -0.308. The van der Waals surface area contributed by atoms with Gasteiger partial charge in [-0.3, -0.25) is 9.59 Å². The van der Waals surface area contributed by atoms with Crippen LogP contribution in [0.4, 0.5) is 5.69 Å². The number of nitrogens with one attached hydrogen (secondary N) is 1. The van der Waals surface area contributed by atoms with Crippen molar-refractivity contribution in [2.75, 3.05) is 14.2 Å². The van der Waals surface area contributed by atoms with E-state index in [1.54, 1.807) is 49.4 Å². The van der Waals surface area contributed by atoms with E-state index in [0.29, 0.717) is 50.0 Å². The summed E-state index contributed by atoms with van der Waals surface area (Å²) in [5.41, 5.74) is 1.31. The monoisotopic (exact) mass is 446 g/mol. The lowest BCUT2D eigenvalue weighted by atomic mass is 10.2. The molecule has 7 nitrogen and oxygen atoms in total. The molecule has 0 aliphatic carbocycles. The highest BCUT2D eigenvalue weighted by atomic mass is 35.5. The van der Waals surface area contributed by atoms with Crippen molar-refractivity contribution in [3.8, 4) is 17.2 Å². The minimum absolute atomic E-state index is 0.266. The summed E-state index contributed by atoms with van der Waals surface area (Å²) in [6, 6.07) is 10.1. The van der Waals surface area contributed by atoms with Crippen LogP contribution < -0.4 is 19.5 Å². The number of rotatable bonds is 6. The highest BCUT2D eigenvalue weighted by molar-refractivity contribution is 8.18. The van der Waals surface area contributed by atoms with Crippen LogP contribution in [0.5, 0.6) is 17.2 Å². The summed E-state index contributed by atoms with van der Waals surface area (Å²) in [6.07, 6.45) is 2.00. The number of halogens is 1. The quantitative estimate of drug-likeness (QED) is 0.397. The molecule has 1 N–H and O–H groups in total. The van der Waals surface area contributed by atoms with Crippen molar-refractivity contribution >= 4 is 52.2 Å². The molecule has 1 amide bonds. The Hall–Kier alpha value is -2.97. The molecule has 1 heterocycles. The molecule has 0 saturated carbocycles. The maximum Gasteiger partial charge on any atom is 0.310 e. The van der Waals surface area contributed by atoms with E-state index in [1.165, 1.54) is 26.0 Å². The highest BCUT2D eigenvalue weighted by Gasteiger charge is 2.24. The summed E-state index contributed by atoms with van der Waals surface area (Å²) in [5.74, 6) is 0.772. The Morgan fingerprint density at radius 1 is 1.20 bits per heavy atom. The molecule has 30 heavy (non-hydrogen) atoms. The lowest BCUT2D eigenvalue weighted by Gasteiger charge is -2.10. The van der Waals surface area contributed by atoms with E-state index in [4.69, 9.17) is 25.8 Å². The maximum atomic E-state index is 12.3. The number of carbonyl (C=O) groups excluding carboxylic acids is 2. The van der Waals surface area contributed by atoms with Crippen molar-refractivity contribution in [2.45, 2.75) is 13.3 Å². The van der Waals surface area contributed by atoms with E-state index in [1.807, 2.05) is 0 Å². The second-order valence-corrected chi connectivity index (χ2v) is 7.48. The van der Waals surface area contributed by atoms with Gasteiger partial charge in [-0.2, -0.15) is 0 Å². The first kappa shape index (κ1) is 21.7. The highest BCUT2D eigenvalue weighted by Crippen LogP contribution is 2.37. The summed E-state index contributed by atoms with van der Waals surface area (Å²) in [4.78, 5) is 28.5. The van der Waals surface area contributed by atoms with Crippen LogP contribution in [0, 0.1) is 0 Å². The third kappa shape index (κ3) is 5.14. The number of amidine groups is 1. The molecule has 0 radical (unpaired) electrons. The average Bonchev–Trinajstić information content (AvgIpc) is 3.07. The molecule has 3 rings (SSSR count). The number of nitrogens with zero attached hydrogens (tertiary/aromatic N) is 1. The fourth-order valence-electron chi connectivity index (χ4n) is 2.56. The standard InChI is InChI=1S/C21H19ClN2O5S/c1-4-18(25)29-14-7-5-13(6-8-14)23-21-24-20(26)17(30-21)11-12-9-15(22)19(28-3)16(10-12)27-2/h5-11H,4H2,1-3H3,(H,23,24,26)/b17-11-. The molecule has 1 aliphatic heterocycles. The number of carbonyl (C=O) groups is 2. The number of ether oxygens (including phenoxy) is 3. The summed E-state index contributed by atoms with van der Waals surface area (Å²) in [5, 5.41) is 3.55. The zero-order valence-electron chi connectivity index (χ0n) is 16.5. The third-order valence-corrected chi connectivity index (χ3v) is 5.18. The molecule has 2 aromatic rings. The van der Waals surface area contributed by atoms with Gasteiger partial charge in [0.1, 0.15) is 5.75 Å². The van der Waals surface area contributed by atoms with Gasteiger partial charge in [0.15, 0.2) is 16.7 Å². The van der Waals surface area contributed by atoms with Crippen molar-refractivity contribution < 1.29 is 23.8 Å². The molecule has 1 fully saturated rings. The van der Waals surface area contributed by atoms with E-state index in [2.05, 4.69) is 10.3 Å². The van der Waals surface area contributed by atoms with Crippen LogP contribution in [0.15, 0.2) is 46.3 Å². The predicted molar refractivity (Wildman–Crippen MR) is 118 cm³/mol. The van der Waals surface area contributed by atoms with Crippen LogP contribution in [-0.4, -0.2) is 31.3 Å². The Morgan fingerprint density at radius 3 is 2.57 bits per heavy atom. The molecule has 1 saturated heterocycles. The van der Waals surface area contributed by atoms with Gasteiger partial charge in [0, 0.05) is 6.42 Å². The normalized spacial score (nSPS) is 15.9. The second-order valence-electron chi connectivity index (χ2n) is 6.04. The Bertz CT molecular complexity index is 1030. The average molecular weight is 447 g/mol. The molecular formula is C21H19ClN2O5S. The largest absolute Gasteiger partial charge is 0.493 e. The summed E-state index contributed by atoms with van der Waals surface area (Å²) in [6.45, 7) is 1.73. The Kier molecular flexibility index (Phi) is 7.02. The van der Waals surface area contributed by atoms with Gasteiger partial charge >= 0.3 is 5.97 Å². The van der Waals surface area contributed by atoms with Crippen molar-refractivity contribution in [1.82, 2.24) is 5.32 Å². The van der Waals surface area contributed by atoms with Crippen LogP contribution in [0.1, 0.15) is 18.9 Å². The van der Waals surface area contributed by atoms with E-state index in [0.717, 1.165) is 0 Å². The SMILES string of the molecule is CCC(=O)Oc1ccc(N=C2NC(=O)/C(=C/c3cc(Cl)c(OC)c(OC)c3)S2)cc1. The molecule has 2 aromatic carbocycles. The number of thioether (sulfide) groups is 1. The molecule has 1 aliphatic rings. The van der Waals surface area contributed by atoms with Gasteiger partial charge in [-0.1, -0.05) is 18.5 Å². The molecule has 0 unspecified atom stereocenters. The fourth-order valence-corrected chi connectivity index (χ4v) is 3.70. The maximum absolute atomic E-state index is 12.3. The number of benzene rings is 2. The number of aliphatic imine (C=N–C) groups is 1. The van der Waals surface area contributed by atoms with Gasteiger partial charge in [0.2, 0.25) is 0 Å².